The van der Waals surface area contributed by atoms with Crippen LogP contribution in [0.5, 0.6) is 0 Å². The number of fused-ring (bicyclic) bond motifs is 2. The summed E-state index contributed by atoms with van der Waals surface area (Å²) in [6.07, 6.45) is 0. The first-order valence-corrected chi connectivity index (χ1v) is 17.0. The van der Waals surface area contributed by atoms with Crippen LogP contribution in [-0.4, -0.2) is 0 Å². The third kappa shape index (κ3) is 5.53. The van der Waals surface area contributed by atoms with Gasteiger partial charge in [-0.15, -0.1) is 0 Å². The number of hydrogen-bond acceptors (Lipinski definition) is 2. The van der Waals surface area contributed by atoms with E-state index in [9.17, 15) is 0 Å². The predicted molar refractivity (Wildman–Crippen MR) is 210 cm³/mol. The lowest BCUT2D eigenvalue weighted by molar-refractivity contribution is 0.632. The Morgan fingerprint density at radius 1 is 0.320 bits per heavy atom. The van der Waals surface area contributed by atoms with Gasteiger partial charge < -0.3 is 9.32 Å². The van der Waals surface area contributed by atoms with Gasteiger partial charge >= 0.3 is 0 Å². The molecule has 0 unspecified atom stereocenters. The van der Waals surface area contributed by atoms with E-state index < -0.39 is 0 Å². The first-order valence-electron chi connectivity index (χ1n) is 17.0. The molecule has 0 aliphatic heterocycles. The molecule has 0 fully saturated rings. The highest BCUT2D eigenvalue weighted by Crippen LogP contribution is 2.39. The Bertz CT molecular complexity index is 2530. The monoisotopic (exact) mass is 639 g/mol. The number of rotatable bonds is 7. The fourth-order valence-corrected chi connectivity index (χ4v) is 7.00. The number of nitrogens with zero attached hydrogens (tertiary/aromatic N) is 1. The molecule has 50 heavy (non-hydrogen) atoms. The maximum atomic E-state index is 6.24. The van der Waals surface area contributed by atoms with Crippen LogP contribution in [-0.2, 0) is 0 Å². The van der Waals surface area contributed by atoms with Crippen LogP contribution in [0.4, 0.5) is 17.1 Å². The highest BCUT2D eigenvalue weighted by Gasteiger charge is 2.15. The summed E-state index contributed by atoms with van der Waals surface area (Å²) in [5.74, 6) is 0.882. The van der Waals surface area contributed by atoms with Gasteiger partial charge in [0.25, 0.3) is 0 Å². The van der Waals surface area contributed by atoms with Crippen LogP contribution >= 0.6 is 0 Å². The van der Waals surface area contributed by atoms with E-state index in [4.69, 9.17) is 4.42 Å². The van der Waals surface area contributed by atoms with E-state index in [0.29, 0.717) is 0 Å². The van der Waals surface area contributed by atoms with Crippen LogP contribution in [0.3, 0.4) is 0 Å². The van der Waals surface area contributed by atoms with Gasteiger partial charge in [0.1, 0.15) is 11.3 Å². The molecular weight excluding hydrogens is 607 g/mol. The molecule has 0 spiro atoms. The minimum Gasteiger partial charge on any atom is -0.456 e. The molecule has 0 saturated carbocycles. The van der Waals surface area contributed by atoms with Gasteiger partial charge in [0.2, 0.25) is 0 Å². The Labute approximate surface area is 292 Å². The lowest BCUT2D eigenvalue weighted by Crippen LogP contribution is -2.09. The van der Waals surface area contributed by atoms with Crippen LogP contribution in [0.15, 0.2) is 205 Å². The maximum absolute atomic E-state index is 6.24. The standard InChI is InChI=1S/C48H33NO/c1-2-14-40(15-3-1)49(42-31-27-38(28-32-42)44-19-10-13-36-11-4-6-16-43(36)44)41-29-25-35(26-30-41)34-21-23-37(24-22-34)45-17-7-8-18-46(45)48-33-39-12-5-9-20-47(39)50-48/h1-33H. The van der Waals surface area contributed by atoms with E-state index in [2.05, 4.69) is 187 Å². The summed E-state index contributed by atoms with van der Waals surface area (Å²) in [6.45, 7) is 0. The minimum absolute atomic E-state index is 0.882. The number of furan rings is 1. The van der Waals surface area contributed by atoms with Gasteiger partial charge in [-0.2, -0.15) is 0 Å². The van der Waals surface area contributed by atoms with Crippen molar-refractivity contribution in [3.63, 3.8) is 0 Å². The molecular formula is C48H33NO. The molecule has 0 aliphatic carbocycles. The van der Waals surface area contributed by atoms with Crippen molar-refractivity contribution in [2.45, 2.75) is 0 Å². The summed E-state index contributed by atoms with van der Waals surface area (Å²) >= 11 is 0. The smallest absolute Gasteiger partial charge is 0.136 e. The first-order chi connectivity index (χ1) is 24.8. The molecule has 0 amide bonds. The molecule has 9 aromatic rings. The van der Waals surface area contributed by atoms with Crippen molar-refractivity contribution in [3.8, 4) is 44.7 Å². The van der Waals surface area contributed by atoms with Gasteiger partial charge in [0.15, 0.2) is 0 Å². The second-order valence-electron chi connectivity index (χ2n) is 12.6. The van der Waals surface area contributed by atoms with E-state index in [-0.39, 0.29) is 0 Å². The highest BCUT2D eigenvalue weighted by atomic mass is 16.3. The summed E-state index contributed by atoms with van der Waals surface area (Å²) in [4.78, 5) is 2.31. The number of anilines is 3. The van der Waals surface area contributed by atoms with Gasteiger partial charge in [-0.3, -0.25) is 0 Å². The molecule has 0 saturated heterocycles. The summed E-state index contributed by atoms with van der Waals surface area (Å²) in [7, 11) is 0. The highest BCUT2D eigenvalue weighted by molar-refractivity contribution is 5.97. The molecule has 8 aromatic carbocycles. The number of hydrogen-bond donors (Lipinski definition) is 0. The van der Waals surface area contributed by atoms with E-state index in [1.807, 2.05) is 18.2 Å². The van der Waals surface area contributed by atoms with Crippen molar-refractivity contribution >= 4 is 38.8 Å². The van der Waals surface area contributed by atoms with Crippen LogP contribution in [0.25, 0.3) is 66.4 Å². The molecule has 9 rings (SSSR count). The third-order valence-electron chi connectivity index (χ3n) is 9.51. The fourth-order valence-electron chi connectivity index (χ4n) is 7.00. The normalized spacial score (nSPS) is 11.2. The molecule has 0 radical (unpaired) electrons. The van der Waals surface area contributed by atoms with Crippen LogP contribution in [0.1, 0.15) is 0 Å². The van der Waals surface area contributed by atoms with Gasteiger partial charge in [-0.1, -0.05) is 152 Å². The van der Waals surface area contributed by atoms with Crippen molar-refractivity contribution in [2.75, 3.05) is 4.90 Å². The predicted octanol–water partition coefficient (Wildman–Crippen LogP) is 13.7. The quantitative estimate of drug-likeness (QED) is 0.173. The average Bonchev–Trinajstić information content (AvgIpc) is 3.63. The van der Waals surface area contributed by atoms with E-state index in [0.717, 1.165) is 50.5 Å². The Balaban J connectivity index is 1.01. The Morgan fingerprint density at radius 3 is 1.52 bits per heavy atom. The van der Waals surface area contributed by atoms with Gasteiger partial charge in [0.05, 0.1) is 0 Å². The van der Waals surface area contributed by atoms with Gasteiger partial charge in [-0.25, -0.2) is 0 Å². The van der Waals surface area contributed by atoms with Gasteiger partial charge in [0, 0.05) is 28.0 Å². The van der Waals surface area contributed by atoms with Crippen LogP contribution in [0.2, 0.25) is 0 Å². The van der Waals surface area contributed by atoms with Crippen LogP contribution in [0, 0.1) is 0 Å². The third-order valence-corrected chi connectivity index (χ3v) is 9.51. The summed E-state index contributed by atoms with van der Waals surface area (Å²) < 4.78 is 6.24. The molecule has 2 heteroatoms. The fraction of sp³-hybridized carbons (Fsp3) is 0. The van der Waals surface area contributed by atoms with Crippen molar-refractivity contribution in [3.05, 3.63) is 200 Å². The Kier molecular flexibility index (Phi) is 7.53. The largest absolute Gasteiger partial charge is 0.456 e. The lowest BCUT2D eigenvalue weighted by Gasteiger charge is -2.26. The molecule has 0 atom stereocenters. The minimum atomic E-state index is 0.882. The van der Waals surface area contributed by atoms with Crippen molar-refractivity contribution < 1.29 is 4.42 Å². The topological polar surface area (TPSA) is 16.4 Å². The maximum Gasteiger partial charge on any atom is 0.136 e. The first kappa shape index (κ1) is 29.5. The molecule has 0 bridgehead atoms. The molecule has 1 heterocycles. The number of para-hydroxylation sites is 2. The van der Waals surface area contributed by atoms with Crippen molar-refractivity contribution in [2.24, 2.45) is 0 Å². The summed E-state index contributed by atoms with van der Waals surface area (Å²) in [5.41, 5.74) is 12.4. The molecule has 1 aromatic heterocycles. The Hall–Kier alpha value is -6.64. The SMILES string of the molecule is c1ccc(N(c2ccc(-c3ccc(-c4ccccc4-c4cc5ccccc5o4)cc3)cc2)c2ccc(-c3cccc4ccccc34)cc2)cc1. The lowest BCUT2D eigenvalue weighted by atomic mass is 9.95. The molecule has 0 N–H and O–H groups in total. The zero-order valence-corrected chi connectivity index (χ0v) is 27.4. The molecule has 236 valence electrons. The van der Waals surface area contributed by atoms with Crippen LogP contribution < -0.4 is 4.90 Å². The second-order valence-corrected chi connectivity index (χ2v) is 12.6. The molecule has 2 nitrogen and oxygen atoms in total. The molecule has 0 aliphatic rings. The summed E-state index contributed by atoms with van der Waals surface area (Å²) in [6, 6.07) is 71.0. The van der Waals surface area contributed by atoms with Crippen molar-refractivity contribution in [1.29, 1.82) is 0 Å². The van der Waals surface area contributed by atoms with Crippen molar-refractivity contribution in [1.82, 2.24) is 0 Å². The summed E-state index contributed by atoms with van der Waals surface area (Å²) in [5, 5.41) is 3.63. The van der Waals surface area contributed by atoms with E-state index in [1.54, 1.807) is 0 Å². The second kappa shape index (κ2) is 12.8. The average molecular weight is 640 g/mol. The van der Waals surface area contributed by atoms with Gasteiger partial charge in [-0.05, 0) is 92.7 Å². The number of benzene rings is 8. The Morgan fingerprint density at radius 2 is 0.800 bits per heavy atom. The van der Waals surface area contributed by atoms with E-state index >= 15 is 0 Å². The zero-order chi connectivity index (χ0) is 33.3. The van der Waals surface area contributed by atoms with E-state index in [1.165, 1.54) is 33.0 Å². The zero-order valence-electron chi connectivity index (χ0n) is 27.4.